The van der Waals surface area contributed by atoms with Gasteiger partial charge in [0, 0.05) is 18.4 Å². The zero-order valence-corrected chi connectivity index (χ0v) is 11.7. The maximum atomic E-state index is 11.1. The number of methoxy groups -OCH3 is 1. The number of hydrogen-bond donors (Lipinski definition) is 0. The molecule has 5 heteroatoms. The predicted octanol–water partition coefficient (Wildman–Crippen LogP) is 2.74. The molecule has 0 amide bonds. The summed E-state index contributed by atoms with van der Waals surface area (Å²) in [7, 11) is 1.41. The van der Waals surface area contributed by atoms with Crippen LogP contribution in [-0.2, 0) is 20.7 Å². The third-order valence-electron chi connectivity index (χ3n) is 3.02. The number of carbonyl (C=O) groups excluding carboxylic acids is 1. The summed E-state index contributed by atoms with van der Waals surface area (Å²) in [6, 6.07) is 0. The molecule has 2 rings (SSSR count). The lowest BCUT2D eigenvalue weighted by molar-refractivity contribution is -0.140. The minimum Gasteiger partial charge on any atom is -0.469 e. The quantitative estimate of drug-likeness (QED) is 0.714. The van der Waals surface area contributed by atoms with Gasteiger partial charge < -0.3 is 9.47 Å². The molecule has 1 saturated carbocycles. The number of thiazole rings is 1. The summed E-state index contributed by atoms with van der Waals surface area (Å²) in [6.45, 7) is 2.74. The molecule has 0 aliphatic heterocycles. The van der Waals surface area contributed by atoms with E-state index >= 15 is 0 Å². The van der Waals surface area contributed by atoms with E-state index in [9.17, 15) is 4.79 Å². The number of aryl methyl sites for hydroxylation is 1. The highest BCUT2D eigenvalue weighted by atomic mass is 32.1. The zero-order valence-electron chi connectivity index (χ0n) is 10.8. The molecular weight excluding hydrogens is 250 g/mol. The molecular formula is C13H19NO3S. The van der Waals surface area contributed by atoms with Gasteiger partial charge in [-0.25, -0.2) is 4.98 Å². The normalized spacial score (nSPS) is 16.6. The van der Waals surface area contributed by atoms with Crippen LogP contribution in [0.5, 0.6) is 0 Å². The van der Waals surface area contributed by atoms with Gasteiger partial charge in [0.2, 0.25) is 0 Å². The Labute approximate surface area is 111 Å². The molecule has 1 unspecified atom stereocenters. The molecule has 1 aliphatic carbocycles. The Bertz CT molecular complexity index is 401. The summed E-state index contributed by atoms with van der Waals surface area (Å²) in [5.41, 5.74) is 0.964. The third kappa shape index (κ3) is 3.53. The van der Waals surface area contributed by atoms with Gasteiger partial charge in [-0.15, -0.1) is 11.3 Å². The van der Waals surface area contributed by atoms with Crippen molar-refractivity contribution in [2.24, 2.45) is 5.92 Å². The van der Waals surface area contributed by atoms with E-state index in [4.69, 9.17) is 4.74 Å². The van der Waals surface area contributed by atoms with Crippen molar-refractivity contribution in [2.45, 2.75) is 38.7 Å². The van der Waals surface area contributed by atoms with Crippen molar-refractivity contribution < 1.29 is 14.3 Å². The molecule has 18 heavy (non-hydrogen) atoms. The van der Waals surface area contributed by atoms with Crippen molar-refractivity contribution in [2.75, 3.05) is 13.7 Å². The van der Waals surface area contributed by atoms with Crippen LogP contribution in [-0.4, -0.2) is 24.7 Å². The molecule has 100 valence electrons. The number of nitrogens with zero attached hydrogens (tertiary/aromatic N) is 1. The molecule has 0 spiro atoms. The highest BCUT2D eigenvalue weighted by Gasteiger charge is 2.34. The Morgan fingerprint density at radius 3 is 3.00 bits per heavy atom. The zero-order chi connectivity index (χ0) is 13.0. The van der Waals surface area contributed by atoms with Gasteiger partial charge >= 0.3 is 5.97 Å². The first-order valence-electron chi connectivity index (χ1n) is 6.37. The summed E-state index contributed by atoms with van der Waals surface area (Å²) in [5, 5.41) is 3.08. The highest BCUT2D eigenvalue weighted by Crippen LogP contribution is 2.44. The van der Waals surface area contributed by atoms with Crippen LogP contribution in [0, 0.1) is 5.92 Å². The average Bonchev–Trinajstić information content (AvgIpc) is 3.11. The van der Waals surface area contributed by atoms with Gasteiger partial charge in [0.05, 0.1) is 19.2 Å². The molecule has 1 atom stereocenters. The molecule has 1 fully saturated rings. The largest absolute Gasteiger partial charge is 0.469 e. The number of ether oxygens (including phenoxy) is 2. The molecule has 1 heterocycles. The SMILES string of the molecule is CCOC(c1nc(CCC(=O)OC)cs1)C1CC1. The van der Waals surface area contributed by atoms with E-state index in [2.05, 4.69) is 9.72 Å². The first-order chi connectivity index (χ1) is 8.74. The summed E-state index contributed by atoms with van der Waals surface area (Å²) in [4.78, 5) is 15.7. The molecule has 0 saturated heterocycles. The fraction of sp³-hybridized carbons (Fsp3) is 0.692. The lowest BCUT2D eigenvalue weighted by atomic mass is 10.2. The van der Waals surface area contributed by atoms with Crippen LogP contribution in [0.4, 0.5) is 0 Å². The van der Waals surface area contributed by atoms with E-state index in [0.717, 1.165) is 17.3 Å². The second kappa shape index (κ2) is 6.29. The minimum absolute atomic E-state index is 0.159. The number of hydrogen-bond acceptors (Lipinski definition) is 5. The summed E-state index contributed by atoms with van der Waals surface area (Å²) in [5.74, 6) is 0.456. The van der Waals surface area contributed by atoms with Gasteiger partial charge in [-0.3, -0.25) is 4.79 Å². The Morgan fingerprint density at radius 2 is 2.39 bits per heavy atom. The van der Waals surface area contributed by atoms with Crippen LogP contribution in [0.2, 0.25) is 0 Å². The Kier molecular flexibility index (Phi) is 4.72. The fourth-order valence-electron chi connectivity index (χ4n) is 1.89. The second-order valence-corrected chi connectivity index (χ2v) is 5.36. The van der Waals surface area contributed by atoms with Gasteiger partial charge in [-0.05, 0) is 25.7 Å². The van der Waals surface area contributed by atoms with E-state index in [1.54, 1.807) is 11.3 Å². The van der Waals surface area contributed by atoms with Gasteiger partial charge in [-0.2, -0.15) is 0 Å². The van der Waals surface area contributed by atoms with Gasteiger partial charge in [0.1, 0.15) is 11.1 Å². The average molecular weight is 269 g/mol. The highest BCUT2D eigenvalue weighted by molar-refractivity contribution is 7.09. The van der Waals surface area contributed by atoms with Crippen molar-refractivity contribution in [3.8, 4) is 0 Å². The number of esters is 1. The maximum absolute atomic E-state index is 11.1. The Balaban J connectivity index is 1.93. The summed E-state index contributed by atoms with van der Waals surface area (Å²) in [6.07, 6.45) is 3.67. The molecule has 4 nitrogen and oxygen atoms in total. The van der Waals surface area contributed by atoms with Crippen molar-refractivity contribution >= 4 is 17.3 Å². The van der Waals surface area contributed by atoms with E-state index < -0.39 is 0 Å². The standard InChI is InChI=1S/C13H19NO3S/c1-3-17-12(9-4-5-9)13-14-10(8-18-13)6-7-11(15)16-2/h8-9,12H,3-7H2,1-2H3. The van der Waals surface area contributed by atoms with Crippen LogP contribution in [0.1, 0.15) is 43.0 Å². The summed E-state index contributed by atoms with van der Waals surface area (Å²) >= 11 is 1.64. The van der Waals surface area contributed by atoms with Crippen LogP contribution in [0.15, 0.2) is 5.38 Å². The van der Waals surface area contributed by atoms with Crippen LogP contribution in [0.3, 0.4) is 0 Å². The molecule has 1 aromatic heterocycles. The Morgan fingerprint density at radius 1 is 1.61 bits per heavy atom. The molecule has 1 aromatic rings. The first kappa shape index (κ1) is 13.5. The summed E-state index contributed by atoms with van der Waals surface area (Å²) < 4.78 is 10.4. The van der Waals surface area contributed by atoms with Crippen LogP contribution in [0.25, 0.3) is 0 Å². The number of rotatable bonds is 7. The number of aromatic nitrogens is 1. The first-order valence-corrected chi connectivity index (χ1v) is 7.25. The monoisotopic (exact) mass is 269 g/mol. The number of carbonyl (C=O) groups is 1. The maximum Gasteiger partial charge on any atom is 0.305 e. The molecule has 1 aliphatic rings. The van der Waals surface area contributed by atoms with Gasteiger partial charge in [-0.1, -0.05) is 0 Å². The van der Waals surface area contributed by atoms with E-state index in [1.807, 2.05) is 12.3 Å². The van der Waals surface area contributed by atoms with Crippen LogP contribution >= 0.6 is 11.3 Å². The van der Waals surface area contributed by atoms with E-state index in [-0.39, 0.29) is 12.1 Å². The lowest BCUT2D eigenvalue weighted by Crippen LogP contribution is -2.07. The third-order valence-corrected chi connectivity index (χ3v) is 3.98. The fourth-order valence-corrected chi connectivity index (χ4v) is 2.88. The van der Waals surface area contributed by atoms with E-state index in [1.165, 1.54) is 20.0 Å². The van der Waals surface area contributed by atoms with E-state index in [0.29, 0.717) is 18.8 Å². The smallest absolute Gasteiger partial charge is 0.305 e. The van der Waals surface area contributed by atoms with Gasteiger partial charge in [0.15, 0.2) is 0 Å². The van der Waals surface area contributed by atoms with Crippen molar-refractivity contribution in [3.05, 3.63) is 16.1 Å². The molecule has 0 N–H and O–H groups in total. The van der Waals surface area contributed by atoms with Crippen LogP contribution < -0.4 is 0 Å². The topological polar surface area (TPSA) is 48.4 Å². The van der Waals surface area contributed by atoms with Crippen molar-refractivity contribution in [1.29, 1.82) is 0 Å². The minimum atomic E-state index is -0.187. The van der Waals surface area contributed by atoms with Gasteiger partial charge in [0.25, 0.3) is 0 Å². The second-order valence-electron chi connectivity index (χ2n) is 4.47. The molecule has 0 radical (unpaired) electrons. The molecule has 0 bridgehead atoms. The van der Waals surface area contributed by atoms with Crippen molar-refractivity contribution in [1.82, 2.24) is 4.98 Å². The molecule has 0 aromatic carbocycles. The van der Waals surface area contributed by atoms with Crippen molar-refractivity contribution in [3.63, 3.8) is 0 Å². The predicted molar refractivity (Wildman–Crippen MR) is 69.5 cm³/mol. The Hall–Kier alpha value is -0.940. The lowest BCUT2D eigenvalue weighted by Gasteiger charge is -2.12.